The Morgan fingerprint density at radius 3 is 2.78 bits per heavy atom. The van der Waals surface area contributed by atoms with Crippen LogP contribution in [0, 0.1) is 6.92 Å². The van der Waals surface area contributed by atoms with Crippen LogP contribution in [0.15, 0.2) is 18.2 Å². The first-order valence-corrected chi connectivity index (χ1v) is 7.30. The van der Waals surface area contributed by atoms with Crippen LogP contribution in [0.4, 0.5) is 5.69 Å². The number of halogens is 1. The van der Waals surface area contributed by atoms with Crippen LogP contribution in [-0.4, -0.2) is 25.2 Å². The zero-order valence-electron chi connectivity index (χ0n) is 11.5. The van der Waals surface area contributed by atoms with Crippen molar-refractivity contribution in [3.8, 4) is 0 Å². The average Bonchev–Trinajstić information content (AvgIpc) is 2.41. The van der Waals surface area contributed by atoms with E-state index >= 15 is 0 Å². The van der Waals surface area contributed by atoms with Gasteiger partial charge in [-0.1, -0.05) is 31.5 Å². The van der Waals surface area contributed by atoms with Crippen molar-refractivity contribution in [2.45, 2.75) is 45.7 Å². The molecule has 0 saturated carbocycles. The Labute approximate surface area is 115 Å². The third-order valence-electron chi connectivity index (χ3n) is 4.01. The molecule has 1 aliphatic rings. The van der Waals surface area contributed by atoms with E-state index in [-0.39, 0.29) is 0 Å². The van der Waals surface area contributed by atoms with E-state index < -0.39 is 0 Å². The minimum atomic E-state index is 0.574. The van der Waals surface area contributed by atoms with Gasteiger partial charge >= 0.3 is 0 Å². The minimum Gasteiger partial charge on any atom is -0.365 e. The Bertz CT molecular complexity index is 405. The van der Waals surface area contributed by atoms with Gasteiger partial charge in [-0.2, -0.15) is 0 Å². The van der Waals surface area contributed by atoms with Gasteiger partial charge in [0.1, 0.15) is 0 Å². The maximum Gasteiger partial charge on any atom is 0.0455 e. The summed E-state index contributed by atoms with van der Waals surface area (Å²) in [5.74, 6) is 0. The van der Waals surface area contributed by atoms with Crippen molar-refractivity contribution in [3.05, 3.63) is 28.8 Å². The number of nitrogens with zero attached hydrogens (tertiary/aromatic N) is 1. The molecule has 1 aromatic carbocycles. The van der Waals surface area contributed by atoms with E-state index in [1.54, 1.807) is 0 Å². The molecule has 0 amide bonds. The van der Waals surface area contributed by atoms with Crippen molar-refractivity contribution in [1.82, 2.24) is 5.32 Å². The molecule has 2 atom stereocenters. The zero-order chi connectivity index (χ0) is 13.1. The summed E-state index contributed by atoms with van der Waals surface area (Å²) in [6.45, 7) is 8.77. The van der Waals surface area contributed by atoms with E-state index in [4.69, 9.17) is 11.6 Å². The highest BCUT2D eigenvalue weighted by molar-refractivity contribution is 6.31. The van der Waals surface area contributed by atoms with Crippen LogP contribution in [0.2, 0.25) is 5.02 Å². The van der Waals surface area contributed by atoms with Crippen molar-refractivity contribution in [1.29, 1.82) is 0 Å². The van der Waals surface area contributed by atoms with Gasteiger partial charge in [-0.25, -0.2) is 0 Å². The molecule has 1 saturated heterocycles. The van der Waals surface area contributed by atoms with E-state index in [0.29, 0.717) is 12.1 Å². The number of piperazine rings is 1. The van der Waals surface area contributed by atoms with Crippen molar-refractivity contribution < 1.29 is 0 Å². The normalized spacial score (nSPS) is 24.3. The summed E-state index contributed by atoms with van der Waals surface area (Å²) in [6, 6.07) is 7.39. The van der Waals surface area contributed by atoms with Crippen LogP contribution in [0.5, 0.6) is 0 Å². The van der Waals surface area contributed by atoms with Crippen LogP contribution in [0.1, 0.15) is 32.3 Å². The maximum absolute atomic E-state index is 6.25. The molecule has 0 aromatic heterocycles. The molecule has 0 aliphatic carbocycles. The smallest absolute Gasteiger partial charge is 0.0455 e. The number of hydrogen-bond donors (Lipinski definition) is 1. The Morgan fingerprint density at radius 1 is 1.33 bits per heavy atom. The molecule has 0 bridgehead atoms. The van der Waals surface area contributed by atoms with Crippen LogP contribution >= 0.6 is 11.6 Å². The molecular formula is C15H23ClN2. The molecule has 100 valence electrons. The van der Waals surface area contributed by atoms with Crippen LogP contribution in [0.25, 0.3) is 0 Å². The Hall–Kier alpha value is -0.730. The lowest BCUT2D eigenvalue weighted by atomic mass is 10.0. The summed E-state index contributed by atoms with van der Waals surface area (Å²) in [4.78, 5) is 2.53. The van der Waals surface area contributed by atoms with Crippen molar-refractivity contribution in [2.75, 3.05) is 18.0 Å². The first kappa shape index (κ1) is 13.7. The minimum absolute atomic E-state index is 0.574. The summed E-state index contributed by atoms with van der Waals surface area (Å²) < 4.78 is 0. The van der Waals surface area contributed by atoms with E-state index in [1.165, 1.54) is 17.7 Å². The summed E-state index contributed by atoms with van der Waals surface area (Å²) in [6.07, 6.45) is 2.34. The third kappa shape index (κ3) is 2.65. The second-order valence-electron chi connectivity index (χ2n) is 5.11. The van der Waals surface area contributed by atoms with Gasteiger partial charge in [0.2, 0.25) is 0 Å². The van der Waals surface area contributed by atoms with Crippen molar-refractivity contribution in [2.24, 2.45) is 0 Å². The number of anilines is 1. The monoisotopic (exact) mass is 266 g/mol. The van der Waals surface area contributed by atoms with E-state index in [2.05, 4.69) is 43.1 Å². The van der Waals surface area contributed by atoms with Crippen molar-refractivity contribution >= 4 is 17.3 Å². The third-order valence-corrected chi connectivity index (χ3v) is 4.42. The summed E-state index contributed by atoms with van der Waals surface area (Å²) in [5, 5.41) is 4.50. The Kier molecular flexibility index (Phi) is 4.52. The SMILES string of the molecule is CCC1CN(c2cccc(Cl)c2C)C(CC)CN1. The molecule has 1 heterocycles. The van der Waals surface area contributed by atoms with E-state index in [0.717, 1.165) is 24.5 Å². The van der Waals surface area contributed by atoms with Gasteiger partial charge in [-0.15, -0.1) is 0 Å². The molecular weight excluding hydrogens is 244 g/mol. The highest BCUT2D eigenvalue weighted by Crippen LogP contribution is 2.30. The summed E-state index contributed by atoms with van der Waals surface area (Å²) >= 11 is 6.25. The van der Waals surface area contributed by atoms with Gasteiger partial charge in [0.15, 0.2) is 0 Å². The lowest BCUT2D eigenvalue weighted by molar-refractivity contribution is 0.378. The average molecular weight is 267 g/mol. The first-order chi connectivity index (χ1) is 8.67. The van der Waals surface area contributed by atoms with Gasteiger partial charge in [0.25, 0.3) is 0 Å². The van der Waals surface area contributed by atoms with Crippen molar-refractivity contribution in [3.63, 3.8) is 0 Å². The lowest BCUT2D eigenvalue weighted by Gasteiger charge is -2.42. The topological polar surface area (TPSA) is 15.3 Å². The van der Waals surface area contributed by atoms with Crippen LogP contribution in [0.3, 0.4) is 0 Å². The molecule has 1 N–H and O–H groups in total. The first-order valence-electron chi connectivity index (χ1n) is 6.92. The van der Waals surface area contributed by atoms with Crippen LogP contribution < -0.4 is 10.2 Å². The van der Waals surface area contributed by atoms with E-state index in [1.807, 2.05) is 6.07 Å². The van der Waals surface area contributed by atoms with Gasteiger partial charge < -0.3 is 10.2 Å². The second kappa shape index (κ2) is 5.94. The molecule has 2 unspecified atom stereocenters. The predicted octanol–water partition coefficient (Wildman–Crippen LogP) is 3.62. The standard InChI is InChI=1S/C15H23ClN2/c1-4-12-10-18(13(5-2)9-17-12)15-8-6-7-14(16)11(15)3/h6-8,12-13,17H,4-5,9-10H2,1-3H3. The molecule has 1 aliphatic heterocycles. The Balaban J connectivity index is 2.29. The fraction of sp³-hybridized carbons (Fsp3) is 0.600. The fourth-order valence-corrected chi connectivity index (χ4v) is 2.87. The molecule has 3 heteroatoms. The highest BCUT2D eigenvalue weighted by atomic mass is 35.5. The zero-order valence-corrected chi connectivity index (χ0v) is 12.3. The summed E-state index contributed by atoms with van der Waals surface area (Å²) in [5.41, 5.74) is 2.50. The molecule has 18 heavy (non-hydrogen) atoms. The van der Waals surface area contributed by atoms with Crippen LogP contribution in [-0.2, 0) is 0 Å². The predicted molar refractivity (Wildman–Crippen MR) is 79.7 cm³/mol. The Morgan fingerprint density at radius 2 is 2.11 bits per heavy atom. The maximum atomic E-state index is 6.25. The lowest BCUT2D eigenvalue weighted by Crippen LogP contribution is -2.56. The number of rotatable bonds is 3. The fourth-order valence-electron chi connectivity index (χ4n) is 2.70. The van der Waals surface area contributed by atoms with Gasteiger partial charge in [-0.3, -0.25) is 0 Å². The summed E-state index contributed by atoms with van der Waals surface area (Å²) in [7, 11) is 0. The number of hydrogen-bond acceptors (Lipinski definition) is 2. The molecule has 2 rings (SSSR count). The highest BCUT2D eigenvalue weighted by Gasteiger charge is 2.27. The second-order valence-corrected chi connectivity index (χ2v) is 5.52. The largest absolute Gasteiger partial charge is 0.365 e. The van der Waals surface area contributed by atoms with Gasteiger partial charge in [0, 0.05) is 35.9 Å². The van der Waals surface area contributed by atoms with E-state index in [9.17, 15) is 0 Å². The number of nitrogens with one attached hydrogen (secondary N) is 1. The van der Waals surface area contributed by atoms with Gasteiger partial charge in [-0.05, 0) is 37.5 Å². The molecule has 0 radical (unpaired) electrons. The molecule has 1 aromatic rings. The van der Waals surface area contributed by atoms with Gasteiger partial charge in [0.05, 0.1) is 0 Å². The quantitative estimate of drug-likeness (QED) is 0.899. The number of benzene rings is 1. The molecule has 0 spiro atoms. The molecule has 2 nitrogen and oxygen atoms in total. The molecule has 1 fully saturated rings.